The molecule has 1 aromatic heterocycles. The molecule has 1 aliphatic heterocycles. The van der Waals surface area contributed by atoms with Crippen LogP contribution in [0.25, 0.3) is 0 Å². The summed E-state index contributed by atoms with van der Waals surface area (Å²) in [4.78, 5) is 1.34. The normalized spacial score (nSPS) is 25.2. The van der Waals surface area contributed by atoms with Crippen molar-refractivity contribution in [3.8, 4) is 0 Å². The molecular weight excluding hydrogens is 170 g/mol. The molecule has 1 N–H and O–H groups in total. The van der Waals surface area contributed by atoms with Crippen LogP contribution in [0.5, 0.6) is 0 Å². The molecule has 0 saturated carbocycles. The largest absolute Gasteiger partial charge is 0.371 e. The van der Waals surface area contributed by atoms with E-state index in [-0.39, 0.29) is 6.10 Å². The zero-order valence-corrected chi connectivity index (χ0v) is 7.77. The minimum atomic E-state index is 0.285. The van der Waals surface area contributed by atoms with Gasteiger partial charge in [0.2, 0.25) is 0 Å². The van der Waals surface area contributed by atoms with Gasteiger partial charge < -0.3 is 10.1 Å². The number of hydrogen-bond donors (Lipinski definition) is 1. The van der Waals surface area contributed by atoms with Gasteiger partial charge in [0.1, 0.15) is 6.10 Å². The summed E-state index contributed by atoms with van der Waals surface area (Å²) >= 11 is 1.77. The van der Waals surface area contributed by atoms with Crippen molar-refractivity contribution in [2.75, 3.05) is 19.7 Å². The Balaban J connectivity index is 2.02. The van der Waals surface area contributed by atoms with Crippen LogP contribution in [-0.4, -0.2) is 19.7 Å². The van der Waals surface area contributed by atoms with Crippen molar-refractivity contribution in [1.29, 1.82) is 0 Å². The summed E-state index contributed by atoms with van der Waals surface area (Å²) in [5.74, 6) is 0. The molecule has 0 aliphatic carbocycles. The van der Waals surface area contributed by atoms with Gasteiger partial charge in [-0.25, -0.2) is 0 Å². The highest BCUT2D eigenvalue weighted by Crippen LogP contribution is 2.22. The molecule has 0 bridgehead atoms. The second-order valence-corrected chi connectivity index (χ2v) is 3.91. The predicted molar refractivity (Wildman–Crippen MR) is 50.5 cm³/mol. The molecule has 1 atom stereocenters. The van der Waals surface area contributed by atoms with E-state index in [9.17, 15) is 0 Å². The van der Waals surface area contributed by atoms with E-state index < -0.39 is 0 Å². The molecule has 2 rings (SSSR count). The average molecular weight is 183 g/mol. The molecule has 1 aliphatic rings. The number of thiophene rings is 1. The van der Waals surface area contributed by atoms with E-state index in [1.807, 2.05) is 0 Å². The highest BCUT2D eigenvalue weighted by molar-refractivity contribution is 7.10. The van der Waals surface area contributed by atoms with Gasteiger partial charge in [-0.15, -0.1) is 11.3 Å². The van der Waals surface area contributed by atoms with Crippen LogP contribution in [0.4, 0.5) is 0 Å². The molecule has 0 amide bonds. The summed E-state index contributed by atoms with van der Waals surface area (Å²) in [5, 5.41) is 5.47. The van der Waals surface area contributed by atoms with Crippen molar-refractivity contribution in [1.82, 2.24) is 5.32 Å². The Morgan fingerprint density at radius 1 is 1.58 bits per heavy atom. The molecule has 3 heteroatoms. The van der Waals surface area contributed by atoms with Crippen LogP contribution in [0.1, 0.15) is 17.4 Å². The zero-order valence-electron chi connectivity index (χ0n) is 6.95. The first-order valence-corrected chi connectivity index (χ1v) is 5.20. The van der Waals surface area contributed by atoms with Crippen molar-refractivity contribution in [3.05, 3.63) is 22.4 Å². The third-order valence-corrected chi connectivity index (χ3v) is 2.97. The lowest BCUT2D eigenvalue weighted by molar-refractivity contribution is 0.0694. The van der Waals surface area contributed by atoms with Gasteiger partial charge in [-0.05, 0) is 24.4 Å². The second kappa shape index (κ2) is 4.03. The molecule has 1 fully saturated rings. The molecule has 0 aromatic carbocycles. The lowest BCUT2D eigenvalue weighted by atomic mass is 10.3. The van der Waals surface area contributed by atoms with Crippen LogP contribution >= 0.6 is 11.3 Å². The Hall–Kier alpha value is -0.380. The zero-order chi connectivity index (χ0) is 8.23. The van der Waals surface area contributed by atoms with E-state index in [4.69, 9.17) is 4.74 Å². The van der Waals surface area contributed by atoms with E-state index in [1.165, 1.54) is 4.88 Å². The monoisotopic (exact) mass is 183 g/mol. The fourth-order valence-corrected chi connectivity index (χ4v) is 2.15. The van der Waals surface area contributed by atoms with E-state index in [0.29, 0.717) is 0 Å². The fourth-order valence-electron chi connectivity index (χ4n) is 1.37. The molecule has 1 unspecified atom stereocenters. The molecule has 2 heterocycles. The van der Waals surface area contributed by atoms with Gasteiger partial charge in [0.15, 0.2) is 0 Å². The molecule has 66 valence electrons. The maximum atomic E-state index is 5.70. The van der Waals surface area contributed by atoms with Crippen LogP contribution in [-0.2, 0) is 4.74 Å². The van der Waals surface area contributed by atoms with Crippen LogP contribution in [0, 0.1) is 0 Å². The molecule has 12 heavy (non-hydrogen) atoms. The average Bonchev–Trinajstić information content (AvgIpc) is 2.48. The van der Waals surface area contributed by atoms with Gasteiger partial charge in [-0.2, -0.15) is 0 Å². The van der Waals surface area contributed by atoms with Crippen molar-refractivity contribution < 1.29 is 4.74 Å². The quantitative estimate of drug-likeness (QED) is 0.717. The van der Waals surface area contributed by atoms with Crippen LogP contribution < -0.4 is 5.32 Å². The summed E-state index contributed by atoms with van der Waals surface area (Å²) in [6.07, 6.45) is 1.41. The van der Waals surface area contributed by atoms with Gasteiger partial charge in [-0.1, -0.05) is 6.07 Å². The minimum absolute atomic E-state index is 0.285. The Morgan fingerprint density at radius 2 is 2.58 bits per heavy atom. The Labute approximate surface area is 76.6 Å². The first-order valence-electron chi connectivity index (χ1n) is 4.32. The summed E-state index contributed by atoms with van der Waals surface area (Å²) in [6, 6.07) is 4.22. The first kappa shape index (κ1) is 8.23. The van der Waals surface area contributed by atoms with Gasteiger partial charge in [0, 0.05) is 18.0 Å². The molecule has 0 radical (unpaired) electrons. The number of nitrogens with one attached hydrogen (secondary N) is 1. The molecule has 0 spiro atoms. The third kappa shape index (κ3) is 1.86. The van der Waals surface area contributed by atoms with Crippen molar-refractivity contribution in [2.45, 2.75) is 12.5 Å². The van der Waals surface area contributed by atoms with Crippen molar-refractivity contribution in [3.63, 3.8) is 0 Å². The van der Waals surface area contributed by atoms with Gasteiger partial charge in [0.25, 0.3) is 0 Å². The first-order chi connectivity index (χ1) is 5.97. The molecule has 2 nitrogen and oxygen atoms in total. The van der Waals surface area contributed by atoms with E-state index in [1.54, 1.807) is 11.3 Å². The third-order valence-electron chi connectivity index (χ3n) is 2.01. The highest BCUT2D eigenvalue weighted by Gasteiger charge is 2.14. The minimum Gasteiger partial charge on any atom is -0.371 e. The predicted octanol–water partition coefficient (Wildman–Crippen LogP) is 1.80. The second-order valence-electron chi connectivity index (χ2n) is 2.93. The maximum absolute atomic E-state index is 5.70. The van der Waals surface area contributed by atoms with Gasteiger partial charge in [0.05, 0.1) is 0 Å². The van der Waals surface area contributed by atoms with Crippen LogP contribution in [0.15, 0.2) is 17.5 Å². The summed E-state index contributed by atoms with van der Waals surface area (Å²) in [5.41, 5.74) is 0. The SMILES string of the molecule is c1csc(C2CNCCCO2)c1. The summed E-state index contributed by atoms with van der Waals surface area (Å²) in [7, 11) is 0. The molecular formula is C9H13NOS. The number of rotatable bonds is 1. The van der Waals surface area contributed by atoms with Crippen molar-refractivity contribution >= 4 is 11.3 Å². The summed E-state index contributed by atoms with van der Waals surface area (Å²) in [6.45, 7) is 2.93. The van der Waals surface area contributed by atoms with Crippen molar-refractivity contribution in [2.24, 2.45) is 0 Å². The Morgan fingerprint density at radius 3 is 3.42 bits per heavy atom. The van der Waals surface area contributed by atoms with E-state index in [2.05, 4.69) is 22.8 Å². The standard InChI is InChI=1S/C9H13NOS/c1-3-9(12-6-1)8-7-10-4-2-5-11-8/h1,3,6,8,10H,2,4-5,7H2. The number of ether oxygens (including phenoxy) is 1. The summed E-state index contributed by atoms with van der Waals surface area (Å²) < 4.78 is 5.70. The topological polar surface area (TPSA) is 21.3 Å². The Bertz CT molecular complexity index is 214. The Kier molecular flexibility index (Phi) is 2.76. The van der Waals surface area contributed by atoms with E-state index in [0.717, 1.165) is 26.1 Å². The lowest BCUT2D eigenvalue weighted by Gasteiger charge is -2.12. The number of hydrogen-bond acceptors (Lipinski definition) is 3. The molecule has 1 saturated heterocycles. The van der Waals surface area contributed by atoms with Gasteiger partial charge in [-0.3, -0.25) is 0 Å². The fraction of sp³-hybridized carbons (Fsp3) is 0.556. The molecule has 1 aromatic rings. The van der Waals surface area contributed by atoms with Crippen LogP contribution in [0.3, 0.4) is 0 Å². The van der Waals surface area contributed by atoms with Crippen LogP contribution in [0.2, 0.25) is 0 Å². The van der Waals surface area contributed by atoms with Gasteiger partial charge >= 0.3 is 0 Å². The maximum Gasteiger partial charge on any atom is 0.104 e. The van der Waals surface area contributed by atoms with E-state index >= 15 is 0 Å². The highest BCUT2D eigenvalue weighted by atomic mass is 32.1. The smallest absolute Gasteiger partial charge is 0.104 e. The lowest BCUT2D eigenvalue weighted by Crippen LogP contribution is -2.19.